The zero-order valence-electron chi connectivity index (χ0n) is 8.21. The van der Waals surface area contributed by atoms with Crippen molar-refractivity contribution in [2.24, 2.45) is 0 Å². The Morgan fingerprint density at radius 3 is 2.29 bits per heavy atom. The Bertz CT molecular complexity index is 235. The molecule has 0 aliphatic rings. The van der Waals surface area contributed by atoms with Crippen LogP contribution in [0.2, 0.25) is 0 Å². The first kappa shape index (κ1) is 13.2. The van der Waals surface area contributed by atoms with Gasteiger partial charge in [0.05, 0.1) is 0 Å². The molecule has 4 nitrogen and oxygen atoms in total. The van der Waals surface area contributed by atoms with Crippen molar-refractivity contribution in [2.45, 2.75) is 18.7 Å². The monoisotopic (exact) mass is 264 g/mol. The van der Waals surface area contributed by atoms with Crippen molar-refractivity contribution < 1.29 is 19.1 Å². The lowest BCUT2D eigenvalue weighted by Gasteiger charge is -2.06. The predicted molar refractivity (Wildman–Crippen MR) is 55.1 cm³/mol. The number of hydrogen-bond acceptors (Lipinski definition) is 4. The molecule has 1 unspecified atom stereocenters. The smallest absolute Gasteiger partial charge is 0.333 e. The fourth-order valence-corrected chi connectivity index (χ4v) is 0.647. The first-order valence-electron chi connectivity index (χ1n) is 4.08. The molecule has 5 heteroatoms. The fraction of sp³-hybridized carbons (Fsp3) is 0.556. The number of hydrogen-bond donors (Lipinski definition) is 0. The largest absolute Gasteiger partial charge is 0.461 e. The highest BCUT2D eigenvalue weighted by Gasteiger charge is 2.10. The molecule has 0 aromatic rings. The van der Waals surface area contributed by atoms with Crippen LogP contribution in [-0.4, -0.2) is 30.0 Å². The molecule has 80 valence electrons. The summed E-state index contributed by atoms with van der Waals surface area (Å²) in [4.78, 5) is 21.4. The molecule has 0 saturated heterocycles. The maximum absolute atomic E-state index is 10.9. The molecule has 0 aliphatic carbocycles. The molecule has 0 amide bonds. The van der Waals surface area contributed by atoms with Gasteiger partial charge in [-0.1, -0.05) is 22.5 Å². The van der Waals surface area contributed by atoms with Gasteiger partial charge in [-0.2, -0.15) is 0 Å². The van der Waals surface area contributed by atoms with E-state index >= 15 is 0 Å². The number of ether oxygens (including phenoxy) is 2. The summed E-state index contributed by atoms with van der Waals surface area (Å²) >= 11 is 3.05. The fourth-order valence-electron chi connectivity index (χ4n) is 0.515. The summed E-state index contributed by atoms with van der Waals surface area (Å²) in [6.45, 7) is 6.73. The van der Waals surface area contributed by atoms with E-state index < -0.39 is 5.97 Å². The van der Waals surface area contributed by atoms with Crippen LogP contribution in [-0.2, 0) is 19.1 Å². The second-order valence-corrected chi connectivity index (χ2v) is 4.07. The number of carbonyl (C=O) groups is 2. The molecule has 0 spiro atoms. The Kier molecular flexibility index (Phi) is 6.19. The van der Waals surface area contributed by atoms with E-state index in [0.29, 0.717) is 5.57 Å². The minimum Gasteiger partial charge on any atom is -0.461 e. The highest BCUT2D eigenvalue weighted by Crippen LogP contribution is 1.99. The Morgan fingerprint density at radius 1 is 1.36 bits per heavy atom. The maximum atomic E-state index is 10.9. The summed E-state index contributed by atoms with van der Waals surface area (Å²) in [5.74, 6) is -0.857. The Labute approximate surface area is 91.4 Å². The van der Waals surface area contributed by atoms with E-state index in [1.807, 2.05) is 0 Å². The summed E-state index contributed by atoms with van der Waals surface area (Å²) in [6, 6.07) is 0. The Hall–Kier alpha value is -0.840. The first-order valence-corrected chi connectivity index (χ1v) is 5.00. The number of esters is 2. The molecule has 0 saturated carbocycles. The highest BCUT2D eigenvalue weighted by atomic mass is 79.9. The van der Waals surface area contributed by atoms with Crippen LogP contribution >= 0.6 is 15.9 Å². The minimum absolute atomic E-state index is 0.0527. The van der Waals surface area contributed by atoms with Crippen LogP contribution in [0.15, 0.2) is 12.2 Å². The molecule has 0 bridgehead atoms. The topological polar surface area (TPSA) is 52.6 Å². The molecule has 0 aromatic heterocycles. The molecule has 0 heterocycles. The number of halogens is 1. The molecular weight excluding hydrogens is 252 g/mol. The van der Waals surface area contributed by atoms with Crippen LogP contribution in [0, 0.1) is 0 Å². The molecule has 14 heavy (non-hydrogen) atoms. The van der Waals surface area contributed by atoms with E-state index in [1.54, 1.807) is 13.8 Å². The van der Waals surface area contributed by atoms with Gasteiger partial charge < -0.3 is 9.47 Å². The second-order valence-electron chi connectivity index (χ2n) is 2.70. The van der Waals surface area contributed by atoms with Crippen LogP contribution in [0.25, 0.3) is 0 Å². The summed E-state index contributed by atoms with van der Waals surface area (Å²) in [7, 11) is 0. The normalized spacial score (nSPS) is 11.6. The van der Waals surface area contributed by atoms with Gasteiger partial charge in [-0.05, 0) is 13.8 Å². The first-order chi connectivity index (χ1) is 6.45. The van der Waals surface area contributed by atoms with Crippen molar-refractivity contribution in [1.29, 1.82) is 0 Å². The van der Waals surface area contributed by atoms with Crippen LogP contribution in [0.3, 0.4) is 0 Å². The van der Waals surface area contributed by atoms with Crippen molar-refractivity contribution in [1.82, 2.24) is 0 Å². The number of alkyl halides is 1. The van der Waals surface area contributed by atoms with Crippen molar-refractivity contribution >= 4 is 27.9 Å². The van der Waals surface area contributed by atoms with Gasteiger partial charge in [0, 0.05) is 5.57 Å². The van der Waals surface area contributed by atoms with Crippen molar-refractivity contribution in [3.05, 3.63) is 12.2 Å². The zero-order valence-corrected chi connectivity index (χ0v) is 9.80. The Balaban J connectivity index is 3.52. The lowest BCUT2D eigenvalue weighted by molar-refractivity contribution is -0.149. The van der Waals surface area contributed by atoms with Crippen LogP contribution in [0.4, 0.5) is 0 Å². The molecular formula is C9H13BrO4. The molecule has 0 N–H and O–H groups in total. The Morgan fingerprint density at radius 2 is 1.86 bits per heavy atom. The number of carbonyl (C=O) groups excluding carboxylic acids is 2. The molecule has 0 rings (SSSR count). The van der Waals surface area contributed by atoms with Crippen LogP contribution < -0.4 is 0 Å². The summed E-state index contributed by atoms with van der Waals surface area (Å²) < 4.78 is 9.44. The summed E-state index contributed by atoms with van der Waals surface area (Å²) in [6.07, 6.45) is 0. The zero-order chi connectivity index (χ0) is 11.1. The van der Waals surface area contributed by atoms with Gasteiger partial charge in [0.2, 0.25) is 0 Å². The van der Waals surface area contributed by atoms with Crippen LogP contribution in [0.5, 0.6) is 0 Å². The second kappa shape index (κ2) is 6.59. The van der Waals surface area contributed by atoms with Gasteiger partial charge in [-0.3, -0.25) is 4.79 Å². The highest BCUT2D eigenvalue weighted by molar-refractivity contribution is 9.10. The number of rotatable bonds is 5. The van der Waals surface area contributed by atoms with E-state index in [0.717, 1.165) is 0 Å². The third-order valence-corrected chi connectivity index (χ3v) is 1.61. The standard InChI is InChI=1S/C9H13BrO4/c1-6(2)8(11)13-4-5-14-9(12)7(3)10/h7H,1,4-5H2,2-3H3. The third kappa shape index (κ3) is 5.75. The van der Waals surface area contributed by atoms with Gasteiger partial charge >= 0.3 is 11.9 Å². The molecule has 0 aromatic carbocycles. The average molecular weight is 265 g/mol. The molecule has 1 atom stereocenters. The van der Waals surface area contributed by atoms with E-state index in [-0.39, 0.29) is 24.0 Å². The summed E-state index contributed by atoms with van der Waals surface area (Å²) in [5, 5.41) is 0. The van der Waals surface area contributed by atoms with E-state index in [4.69, 9.17) is 9.47 Å². The average Bonchev–Trinajstić information content (AvgIpc) is 2.11. The lowest BCUT2D eigenvalue weighted by Crippen LogP contribution is -2.18. The summed E-state index contributed by atoms with van der Waals surface area (Å²) in [5.41, 5.74) is 0.324. The van der Waals surface area contributed by atoms with Crippen molar-refractivity contribution in [3.8, 4) is 0 Å². The maximum Gasteiger partial charge on any atom is 0.333 e. The lowest BCUT2D eigenvalue weighted by atomic mass is 10.4. The van der Waals surface area contributed by atoms with Gasteiger partial charge in [0.1, 0.15) is 18.0 Å². The van der Waals surface area contributed by atoms with Crippen molar-refractivity contribution in [3.63, 3.8) is 0 Å². The van der Waals surface area contributed by atoms with E-state index in [1.165, 1.54) is 0 Å². The van der Waals surface area contributed by atoms with Crippen LogP contribution in [0.1, 0.15) is 13.8 Å². The van der Waals surface area contributed by atoms with Gasteiger partial charge in [-0.25, -0.2) is 4.79 Å². The molecule has 0 fully saturated rings. The minimum atomic E-state index is -0.479. The third-order valence-electron chi connectivity index (χ3n) is 1.23. The molecule has 0 radical (unpaired) electrons. The predicted octanol–water partition coefficient (Wildman–Crippen LogP) is 1.43. The van der Waals surface area contributed by atoms with Gasteiger partial charge in [-0.15, -0.1) is 0 Å². The van der Waals surface area contributed by atoms with Gasteiger partial charge in [0.15, 0.2) is 0 Å². The molecule has 0 aliphatic heterocycles. The van der Waals surface area contributed by atoms with Gasteiger partial charge in [0.25, 0.3) is 0 Å². The van der Waals surface area contributed by atoms with E-state index in [2.05, 4.69) is 22.5 Å². The van der Waals surface area contributed by atoms with E-state index in [9.17, 15) is 9.59 Å². The van der Waals surface area contributed by atoms with Crippen molar-refractivity contribution in [2.75, 3.05) is 13.2 Å². The SMILES string of the molecule is C=C(C)C(=O)OCCOC(=O)C(C)Br. The quantitative estimate of drug-likeness (QED) is 0.326.